The predicted molar refractivity (Wildman–Crippen MR) is 38.2 cm³/mol. The third-order valence-electron chi connectivity index (χ3n) is 0.408. The van der Waals surface area contributed by atoms with Crippen LogP contribution in [0.4, 0.5) is 0 Å². The van der Waals surface area contributed by atoms with E-state index in [0.717, 1.165) is 12.8 Å². The summed E-state index contributed by atoms with van der Waals surface area (Å²) < 4.78 is 0. The second kappa shape index (κ2) is 16.5. The maximum absolute atomic E-state index is 4.78. The van der Waals surface area contributed by atoms with Crippen molar-refractivity contribution in [2.24, 2.45) is 0 Å². The fourth-order valence-corrected chi connectivity index (χ4v) is 0. The average molecular weight is 108 g/mol. The lowest BCUT2D eigenvalue weighted by atomic mass is 10.5. The van der Waals surface area contributed by atoms with Gasteiger partial charge >= 0.3 is 0 Å². The zero-order chi connectivity index (χ0) is 6.83. The lowest BCUT2D eigenvalue weighted by molar-refractivity contribution is 1.28. The molecule has 0 rings (SSSR count). The molecule has 0 aliphatic rings. The summed E-state index contributed by atoms with van der Waals surface area (Å²) >= 11 is 0. The minimum absolute atomic E-state index is 0.847. The summed E-state index contributed by atoms with van der Waals surface area (Å²) in [6.07, 6.45) is 11.2. The van der Waals surface area contributed by atoms with Gasteiger partial charge in [0.2, 0.25) is 0 Å². The Morgan fingerprint density at radius 3 is 1.12 bits per heavy atom. The van der Waals surface area contributed by atoms with E-state index in [0.29, 0.717) is 0 Å². The highest BCUT2D eigenvalue weighted by Gasteiger charge is 1.44. The average Bonchev–Trinajstić information content (AvgIpc) is 1.88. The first kappa shape index (κ1) is 10.2. The van der Waals surface area contributed by atoms with Crippen LogP contribution in [0, 0.1) is 24.7 Å². The van der Waals surface area contributed by atoms with Crippen LogP contribution in [0.2, 0.25) is 0 Å². The molecule has 0 fully saturated rings. The standard InChI is InChI=1S/2C4H6/c2*1-3-4-2/h2*1H,4H2,2H3. The van der Waals surface area contributed by atoms with Gasteiger partial charge in [-0.15, -0.1) is 24.7 Å². The quantitative estimate of drug-likeness (QED) is 0.417. The fourth-order valence-electron chi connectivity index (χ4n) is 0. The molecule has 0 nitrogen and oxygen atoms in total. The Hall–Kier alpha value is -0.880. The van der Waals surface area contributed by atoms with Crippen LogP contribution in [0.5, 0.6) is 0 Å². The fraction of sp³-hybridized carbons (Fsp3) is 0.500. The molecule has 0 aromatic heterocycles. The van der Waals surface area contributed by atoms with Gasteiger partial charge in [-0.25, -0.2) is 0 Å². The summed E-state index contributed by atoms with van der Waals surface area (Å²) in [7, 11) is 0. The van der Waals surface area contributed by atoms with E-state index in [1.54, 1.807) is 0 Å². The summed E-state index contributed by atoms with van der Waals surface area (Å²) in [4.78, 5) is 0. The van der Waals surface area contributed by atoms with Crippen LogP contribution in [-0.2, 0) is 0 Å². The molecule has 0 amide bonds. The molecule has 0 saturated heterocycles. The summed E-state index contributed by atoms with van der Waals surface area (Å²) in [6, 6.07) is 0. The predicted octanol–water partition coefficient (Wildman–Crippen LogP) is 2.06. The van der Waals surface area contributed by atoms with Crippen LogP contribution < -0.4 is 0 Å². The molecular formula is C8H12. The van der Waals surface area contributed by atoms with Crippen molar-refractivity contribution >= 4 is 0 Å². The van der Waals surface area contributed by atoms with E-state index in [9.17, 15) is 0 Å². The van der Waals surface area contributed by atoms with Gasteiger partial charge in [0, 0.05) is 12.8 Å². The Morgan fingerprint density at radius 2 is 1.12 bits per heavy atom. The molecule has 0 aromatic rings. The maximum atomic E-state index is 4.78. The van der Waals surface area contributed by atoms with E-state index in [2.05, 4.69) is 11.8 Å². The molecule has 0 aromatic carbocycles. The molecular weight excluding hydrogens is 96.1 g/mol. The van der Waals surface area contributed by atoms with Crippen LogP contribution in [0.25, 0.3) is 0 Å². The molecule has 0 spiro atoms. The minimum Gasteiger partial charge on any atom is -0.120 e. The van der Waals surface area contributed by atoms with Crippen LogP contribution >= 0.6 is 0 Å². The zero-order valence-corrected chi connectivity index (χ0v) is 5.57. The van der Waals surface area contributed by atoms with Gasteiger partial charge in [-0.3, -0.25) is 0 Å². The summed E-state index contributed by atoms with van der Waals surface area (Å²) in [5.74, 6) is 4.86. The van der Waals surface area contributed by atoms with Gasteiger partial charge in [0.15, 0.2) is 0 Å². The largest absolute Gasteiger partial charge is 0.120 e. The second-order valence-electron chi connectivity index (χ2n) is 1.12. The third-order valence-corrected chi connectivity index (χ3v) is 0.408. The van der Waals surface area contributed by atoms with Gasteiger partial charge in [0.1, 0.15) is 0 Å². The van der Waals surface area contributed by atoms with E-state index >= 15 is 0 Å². The Balaban J connectivity index is 0. The van der Waals surface area contributed by atoms with Gasteiger partial charge in [-0.1, -0.05) is 13.8 Å². The molecule has 44 valence electrons. The Labute approximate surface area is 52.3 Å². The SMILES string of the molecule is C#CCC.C#CCC. The van der Waals surface area contributed by atoms with Crippen LogP contribution in [0.3, 0.4) is 0 Å². The zero-order valence-electron chi connectivity index (χ0n) is 5.57. The highest BCUT2D eigenvalue weighted by atomic mass is 13.5. The lowest BCUT2D eigenvalue weighted by Crippen LogP contribution is -1.38. The van der Waals surface area contributed by atoms with Crippen LogP contribution in [0.15, 0.2) is 0 Å². The molecule has 0 bridgehead atoms. The molecule has 0 unspecified atom stereocenters. The molecule has 0 heteroatoms. The van der Waals surface area contributed by atoms with Gasteiger partial charge in [0.05, 0.1) is 0 Å². The van der Waals surface area contributed by atoms with Crippen molar-refractivity contribution in [2.75, 3.05) is 0 Å². The van der Waals surface area contributed by atoms with Crippen LogP contribution in [-0.4, -0.2) is 0 Å². The van der Waals surface area contributed by atoms with Crippen molar-refractivity contribution < 1.29 is 0 Å². The van der Waals surface area contributed by atoms with Gasteiger partial charge < -0.3 is 0 Å². The third kappa shape index (κ3) is 69.3. The minimum atomic E-state index is 0.847. The summed E-state index contributed by atoms with van der Waals surface area (Å²) in [5.41, 5.74) is 0. The lowest BCUT2D eigenvalue weighted by Gasteiger charge is -1.52. The van der Waals surface area contributed by atoms with E-state index < -0.39 is 0 Å². The molecule has 0 saturated carbocycles. The van der Waals surface area contributed by atoms with Crippen molar-refractivity contribution in [3.63, 3.8) is 0 Å². The molecule has 0 radical (unpaired) electrons. The van der Waals surface area contributed by atoms with Gasteiger partial charge in [-0.05, 0) is 0 Å². The van der Waals surface area contributed by atoms with Crippen molar-refractivity contribution in [2.45, 2.75) is 26.7 Å². The molecule has 0 atom stereocenters. The maximum Gasteiger partial charge on any atom is 0.00576 e. The van der Waals surface area contributed by atoms with Gasteiger partial charge in [-0.2, -0.15) is 0 Å². The Morgan fingerprint density at radius 1 is 1.00 bits per heavy atom. The topological polar surface area (TPSA) is 0 Å². The number of rotatable bonds is 0. The number of hydrogen-bond acceptors (Lipinski definition) is 0. The van der Waals surface area contributed by atoms with E-state index in [1.165, 1.54) is 0 Å². The van der Waals surface area contributed by atoms with Crippen molar-refractivity contribution in [3.05, 3.63) is 0 Å². The van der Waals surface area contributed by atoms with E-state index in [-0.39, 0.29) is 0 Å². The smallest absolute Gasteiger partial charge is 0.00576 e. The second-order valence-corrected chi connectivity index (χ2v) is 1.12. The summed E-state index contributed by atoms with van der Waals surface area (Å²) in [5, 5.41) is 0. The van der Waals surface area contributed by atoms with Crippen molar-refractivity contribution in [3.8, 4) is 24.7 Å². The monoisotopic (exact) mass is 108 g/mol. The molecule has 8 heavy (non-hydrogen) atoms. The normalized spacial score (nSPS) is 5.00. The van der Waals surface area contributed by atoms with E-state index in [1.807, 2.05) is 13.8 Å². The first-order valence-electron chi connectivity index (χ1n) is 2.70. The van der Waals surface area contributed by atoms with E-state index in [4.69, 9.17) is 12.8 Å². The van der Waals surface area contributed by atoms with Crippen LogP contribution in [0.1, 0.15) is 26.7 Å². The number of hydrogen-bond donors (Lipinski definition) is 0. The first-order valence-corrected chi connectivity index (χ1v) is 2.70. The first-order chi connectivity index (χ1) is 3.83. The molecule has 0 heterocycles. The molecule has 0 aliphatic heterocycles. The highest BCUT2D eigenvalue weighted by molar-refractivity contribution is 4.80. The van der Waals surface area contributed by atoms with Crippen molar-refractivity contribution in [1.82, 2.24) is 0 Å². The molecule has 0 aliphatic carbocycles. The highest BCUT2D eigenvalue weighted by Crippen LogP contribution is 1.58. The Kier molecular flexibility index (Phi) is 21.0. The number of terminal acetylenes is 2. The summed E-state index contributed by atoms with van der Waals surface area (Å²) in [6.45, 7) is 3.89. The Bertz CT molecular complexity index is 73.6. The molecule has 0 N–H and O–H groups in total. The van der Waals surface area contributed by atoms with Gasteiger partial charge in [0.25, 0.3) is 0 Å². The van der Waals surface area contributed by atoms with Crippen molar-refractivity contribution in [1.29, 1.82) is 0 Å².